The van der Waals surface area contributed by atoms with Crippen molar-refractivity contribution in [3.8, 4) is 0 Å². The first-order valence-corrected chi connectivity index (χ1v) is 7.00. The Labute approximate surface area is 107 Å². The number of primary sulfonamides is 1. The van der Waals surface area contributed by atoms with E-state index in [1.54, 1.807) is 12.4 Å². The van der Waals surface area contributed by atoms with E-state index in [9.17, 15) is 8.42 Å². The Bertz CT molecular complexity index is 499. The molecular weight excluding hydrogens is 254 g/mol. The predicted octanol–water partition coefficient (Wildman–Crippen LogP) is 0.706. The van der Waals surface area contributed by atoms with Gasteiger partial charge in [-0.1, -0.05) is 6.08 Å². The molecule has 0 amide bonds. The molecule has 0 aliphatic heterocycles. The molecular formula is C11H17N3O3S. The minimum absolute atomic E-state index is 0.196. The molecule has 0 saturated carbocycles. The third-order valence-corrected chi connectivity index (χ3v) is 3.68. The molecule has 0 radical (unpaired) electrons. The average molecular weight is 271 g/mol. The summed E-state index contributed by atoms with van der Waals surface area (Å²) in [5.74, 6) is 0.295. The number of aryl methyl sites for hydroxylation is 1. The van der Waals surface area contributed by atoms with E-state index in [1.165, 1.54) is 13.0 Å². The van der Waals surface area contributed by atoms with Crippen molar-refractivity contribution in [3.63, 3.8) is 0 Å². The Kier molecular flexibility index (Phi) is 4.94. The lowest BCUT2D eigenvalue weighted by atomic mass is 10.2. The molecule has 2 atom stereocenters. The van der Waals surface area contributed by atoms with E-state index in [0.717, 1.165) is 5.56 Å². The van der Waals surface area contributed by atoms with Crippen LogP contribution in [0.4, 0.5) is 0 Å². The smallest absolute Gasteiger partial charge is 0.214 e. The van der Waals surface area contributed by atoms with Gasteiger partial charge >= 0.3 is 0 Å². The summed E-state index contributed by atoms with van der Waals surface area (Å²) >= 11 is 0. The van der Waals surface area contributed by atoms with E-state index in [-0.39, 0.29) is 6.61 Å². The van der Waals surface area contributed by atoms with Crippen LogP contribution in [0, 0.1) is 6.92 Å². The van der Waals surface area contributed by atoms with Gasteiger partial charge in [0.15, 0.2) is 5.82 Å². The average Bonchev–Trinajstić information content (AvgIpc) is 2.30. The Hall–Kier alpha value is -1.31. The Morgan fingerprint density at radius 3 is 2.50 bits per heavy atom. The number of hydrogen-bond donors (Lipinski definition) is 1. The summed E-state index contributed by atoms with van der Waals surface area (Å²) in [5.41, 5.74) is 0.879. The van der Waals surface area contributed by atoms with Crippen molar-refractivity contribution in [2.24, 2.45) is 5.14 Å². The standard InChI is InChI=1S/C11H17N3O3S/c1-4-5-17-10(9(3)18(12,15)16)11-13-6-8(2)7-14-11/h4,6-7,9-10H,1,5H2,2-3H3,(H2,12,15,16)/t9-,10+/m0/s1. The molecule has 0 fully saturated rings. The molecule has 0 unspecified atom stereocenters. The zero-order chi connectivity index (χ0) is 13.8. The molecule has 0 aliphatic rings. The van der Waals surface area contributed by atoms with E-state index in [0.29, 0.717) is 5.82 Å². The number of aromatic nitrogens is 2. The number of ether oxygens (including phenoxy) is 1. The van der Waals surface area contributed by atoms with Crippen LogP contribution in [0.2, 0.25) is 0 Å². The van der Waals surface area contributed by atoms with Crippen molar-refractivity contribution < 1.29 is 13.2 Å². The number of nitrogens with two attached hydrogens (primary N) is 1. The zero-order valence-corrected chi connectivity index (χ0v) is 11.2. The van der Waals surface area contributed by atoms with Crippen molar-refractivity contribution in [1.82, 2.24) is 9.97 Å². The summed E-state index contributed by atoms with van der Waals surface area (Å²) in [6.45, 7) is 7.02. The second-order valence-electron chi connectivity index (χ2n) is 3.96. The summed E-state index contributed by atoms with van der Waals surface area (Å²) in [6.07, 6.45) is 3.92. The van der Waals surface area contributed by atoms with Gasteiger partial charge in [-0.05, 0) is 19.4 Å². The second kappa shape index (κ2) is 6.03. The van der Waals surface area contributed by atoms with E-state index in [1.807, 2.05) is 6.92 Å². The molecule has 0 saturated heterocycles. The fourth-order valence-corrected chi connectivity index (χ4v) is 1.86. The maximum absolute atomic E-state index is 11.4. The monoisotopic (exact) mass is 271 g/mol. The Morgan fingerprint density at radius 2 is 2.06 bits per heavy atom. The summed E-state index contributed by atoms with van der Waals surface area (Å²) in [4.78, 5) is 8.15. The first kappa shape index (κ1) is 14.7. The van der Waals surface area contributed by atoms with Gasteiger partial charge in [0.2, 0.25) is 10.0 Å². The molecule has 1 aromatic rings. The number of rotatable bonds is 6. The summed E-state index contributed by atoms with van der Waals surface area (Å²) in [6, 6.07) is 0. The molecule has 0 bridgehead atoms. The fourth-order valence-electron chi connectivity index (χ4n) is 1.31. The van der Waals surface area contributed by atoms with Crippen LogP contribution >= 0.6 is 0 Å². The topological polar surface area (TPSA) is 95.2 Å². The van der Waals surface area contributed by atoms with Crippen molar-refractivity contribution >= 4 is 10.0 Å². The van der Waals surface area contributed by atoms with Gasteiger partial charge in [0.1, 0.15) is 11.4 Å². The van der Waals surface area contributed by atoms with Gasteiger partial charge in [-0.25, -0.2) is 23.5 Å². The van der Waals surface area contributed by atoms with Crippen molar-refractivity contribution in [2.45, 2.75) is 25.2 Å². The van der Waals surface area contributed by atoms with E-state index < -0.39 is 21.4 Å². The van der Waals surface area contributed by atoms with Gasteiger partial charge in [-0.2, -0.15) is 0 Å². The van der Waals surface area contributed by atoms with Crippen LogP contribution in [-0.4, -0.2) is 30.2 Å². The van der Waals surface area contributed by atoms with Gasteiger partial charge in [-0.3, -0.25) is 0 Å². The van der Waals surface area contributed by atoms with Gasteiger partial charge in [0.05, 0.1) is 6.61 Å². The van der Waals surface area contributed by atoms with Gasteiger partial charge in [-0.15, -0.1) is 6.58 Å². The van der Waals surface area contributed by atoms with Gasteiger partial charge in [0, 0.05) is 12.4 Å². The third-order valence-electron chi connectivity index (χ3n) is 2.39. The second-order valence-corrected chi connectivity index (χ2v) is 5.88. The van der Waals surface area contributed by atoms with Crippen LogP contribution in [0.15, 0.2) is 25.0 Å². The van der Waals surface area contributed by atoms with E-state index in [2.05, 4.69) is 16.5 Å². The molecule has 18 heavy (non-hydrogen) atoms. The highest BCUT2D eigenvalue weighted by Crippen LogP contribution is 2.21. The minimum atomic E-state index is -3.73. The van der Waals surface area contributed by atoms with Crippen LogP contribution < -0.4 is 5.14 Å². The summed E-state index contributed by atoms with van der Waals surface area (Å²) in [7, 11) is -3.73. The lowest BCUT2D eigenvalue weighted by molar-refractivity contribution is 0.0669. The molecule has 1 aromatic heterocycles. The highest BCUT2D eigenvalue weighted by molar-refractivity contribution is 7.89. The molecule has 2 N–H and O–H groups in total. The largest absolute Gasteiger partial charge is 0.365 e. The van der Waals surface area contributed by atoms with Crippen LogP contribution in [-0.2, 0) is 14.8 Å². The minimum Gasteiger partial charge on any atom is -0.365 e. The van der Waals surface area contributed by atoms with Crippen LogP contribution in [0.25, 0.3) is 0 Å². The van der Waals surface area contributed by atoms with Crippen molar-refractivity contribution in [3.05, 3.63) is 36.4 Å². The van der Waals surface area contributed by atoms with Crippen LogP contribution in [0.3, 0.4) is 0 Å². The molecule has 6 nitrogen and oxygen atoms in total. The predicted molar refractivity (Wildman–Crippen MR) is 68.2 cm³/mol. The first-order valence-electron chi connectivity index (χ1n) is 5.39. The lowest BCUT2D eigenvalue weighted by Gasteiger charge is -2.20. The number of nitrogens with zero attached hydrogens (tertiary/aromatic N) is 2. The maximum atomic E-state index is 11.4. The molecule has 1 heterocycles. The van der Waals surface area contributed by atoms with E-state index in [4.69, 9.17) is 9.88 Å². The van der Waals surface area contributed by atoms with Gasteiger partial charge in [0.25, 0.3) is 0 Å². The zero-order valence-electron chi connectivity index (χ0n) is 10.4. The summed E-state index contributed by atoms with van der Waals surface area (Å²) < 4.78 is 28.2. The first-order chi connectivity index (χ1) is 8.36. The van der Waals surface area contributed by atoms with Crippen LogP contribution in [0.5, 0.6) is 0 Å². The molecule has 100 valence electrons. The maximum Gasteiger partial charge on any atom is 0.214 e. The summed E-state index contributed by atoms with van der Waals surface area (Å²) in [5, 5.41) is 4.20. The molecule has 0 aliphatic carbocycles. The Morgan fingerprint density at radius 1 is 1.50 bits per heavy atom. The third kappa shape index (κ3) is 3.86. The highest BCUT2D eigenvalue weighted by Gasteiger charge is 2.30. The molecule has 7 heteroatoms. The normalized spacial score (nSPS) is 15.1. The molecule has 0 spiro atoms. The van der Waals surface area contributed by atoms with Gasteiger partial charge < -0.3 is 4.74 Å². The van der Waals surface area contributed by atoms with E-state index >= 15 is 0 Å². The lowest BCUT2D eigenvalue weighted by Crippen LogP contribution is -2.33. The fraction of sp³-hybridized carbons (Fsp3) is 0.455. The van der Waals surface area contributed by atoms with Crippen molar-refractivity contribution in [1.29, 1.82) is 0 Å². The quantitative estimate of drug-likeness (QED) is 0.769. The highest BCUT2D eigenvalue weighted by atomic mass is 32.2. The molecule has 0 aromatic carbocycles. The Balaban J connectivity index is 3.04. The molecule has 1 rings (SSSR count). The van der Waals surface area contributed by atoms with Crippen LogP contribution in [0.1, 0.15) is 24.4 Å². The number of hydrogen-bond acceptors (Lipinski definition) is 5. The number of sulfonamides is 1. The van der Waals surface area contributed by atoms with Crippen molar-refractivity contribution in [2.75, 3.05) is 6.61 Å². The SMILES string of the molecule is C=CCO[C@@H](c1ncc(C)cn1)[C@H](C)S(N)(=O)=O.